The molecule has 3 rings (SSSR count). The van der Waals surface area contributed by atoms with Crippen LogP contribution >= 0.6 is 0 Å². The maximum absolute atomic E-state index is 12.3. The first-order valence-corrected chi connectivity index (χ1v) is 7.40. The van der Waals surface area contributed by atoms with Crippen LogP contribution in [0.4, 0.5) is 0 Å². The van der Waals surface area contributed by atoms with E-state index in [0.717, 1.165) is 12.8 Å². The van der Waals surface area contributed by atoms with E-state index >= 15 is 0 Å². The Hall–Kier alpha value is -1.83. The van der Waals surface area contributed by atoms with Gasteiger partial charge in [0.25, 0.3) is 5.56 Å². The number of fused-ring (bicyclic) bond motifs is 1. The van der Waals surface area contributed by atoms with E-state index in [1.807, 2.05) is 0 Å². The molecule has 1 aliphatic rings. The predicted molar refractivity (Wildman–Crippen MR) is 79.6 cm³/mol. The average molecular weight is 305 g/mol. The lowest BCUT2D eigenvalue weighted by Crippen LogP contribution is -2.32. The molecule has 22 heavy (non-hydrogen) atoms. The van der Waals surface area contributed by atoms with Crippen LogP contribution in [0.25, 0.3) is 10.9 Å². The highest BCUT2D eigenvalue weighted by atomic mass is 16.5. The second-order valence-corrected chi connectivity index (χ2v) is 5.39. The fourth-order valence-electron chi connectivity index (χ4n) is 2.51. The molecule has 0 amide bonds. The number of aromatic nitrogens is 3. The van der Waals surface area contributed by atoms with E-state index in [1.54, 1.807) is 18.5 Å². The average Bonchev–Trinajstić information content (AvgIpc) is 2.57. The third-order valence-corrected chi connectivity index (χ3v) is 3.73. The molecular weight excluding hydrogens is 286 g/mol. The van der Waals surface area contributed by atoms with Gasteiger partial charge in [-0.1, -0.05) is 0 Å². The van der Waals surface area contributed by atoms with E-state index in [-0.39, 0.29) is 24.8 Å². The van der Waals surface area contributed by atoms with Crippen LogP contribution in [-0.2, 0) is 16.0 Å². The van der Waals surface area contributed by atoms with Crippen molar-refractivity contribution in [3.63, 3.8) is 0 Å². The zero-order chi connectivity index (χ0) is 15.4. The van der Waals surface area contributed by atoms with Gasteiger partial charge >= 0.3 is 0 Å². The molecule has 0 bridgehead atoms. The number of hydrogen-bond donors (Lipinski definition) is 1. The lowest BCUT2D eigenvalue weighted by atomic mass is 10.1. The summed E-state index contributed by atoms with van der Waals surface area (Å²) < 4.78 is 12.3. The second-order valence-electron chi connectivity index (χ2n) is 5.39. The smallest absolute Gasteiger partial charge is 0.261 e. The van der Waals surface area contributed by atoms with E-state index in [9.17, 15) is 9.90 Å². The summed E-state index contributed by atoms with van der Waals surface area (Å²) >= 11 is 0. The van der Waals surface area contributed by atoms with Gasteiger partial charge in [-0.05, 0) is 18.9 Å². The number of aliphatic hydroxyl groups is 1. The van der Waals surface area contributed by atoms with Gasteiger partial charge < -0.3 is 14.6 Å². The van der Waals surface area contributed by atoms with Crippen LogP contribution in [0.3, 0.4) is 0 Å². The minimum absolute atomic E-state index is 0.126. The highest BCUT2D eigenvalue weighted by Crippen LogP contribution is 2.11. The summed E-state index contributed by atoms with van der Waals surface area (Å²) in [6.07, 6.45) is 5.60. The quantitative estimate of drug-likeness (QED) is 0.857. The molecule has 3 heterocycles. The first-order valence-electron chi connectivity index (χ1n) is 7.40. The van der Waals surface area contributed by atoms with Crippen LogP contribution in [0, 0.1) is 0 Å². The maximum Gasteiger partial charge on any atom is 0.261 e. The van der Waals surface area contributed by atoms with E-state index < -0.39 is 6.10 Å². The van der Waals surface area contributed by atoms with E-state index in [1.165, 1.54) is 10.9 Å². The zero-order valence-electron chi connectivity index (χ0n) is 12.2. The molecular formula is C15H19N3O4. The van der Waals surface area contributed by atoms with E-state index in [0.29, 0.717) is 24.1 Å². The first kappa shape index (κ1) is 15.1. The van der Waals surface area contributed by atoms with Crippen molar-refractivity contribution in [2.75, 3.05) is 19.8 Å². The number of ether oxygens (including phenoxy) is 2. The summed E-state index contributed by atoms with van der Waals surface area (Å²) in [4.78, 5) is 20.4. The minimum atomic E-state index is -0.748. The third-order valence-electron chi connectivity index (χ3n) is 3.73. The molecule has 0 aromatic carbocycles. The van der Waals surface area contributed by atoms with Crippen molar-refractivity contribution in [1.29, 1.82) is 0 Å². The molecule has 7 heteroatoms. The Kier molecular flexibility index (Phi) is 4.77. The Morgan fingerprint density at radius 1 is 1.45 bits per heavy atom. The molecule has 118 valence electrons. The third kappa shape index (κ3) is 3.49. The fourth-order valence-corrected chi connectivity index (χ4v) is 2.51. The summed E-state index contributed by atoms with van der Waals surface area (Å²) in [6, 6.07) is 1.63. The molecule has 1 unspecified atom stereocenters. The summed E-state index contributed by atoms with van der Waals surface area (Å²) in [5, 5.41) is 10.6. The van der Waals surface area contributed by atoms with Crippen LogP contribution < -0.4 is 5.56 Å². The molecule has 0 aliphatic carbocycles. The number of pyridine rings is 1. The predicted octanol–water partition coefficient (Wildman–Crippen LogP) is 0.348. The van der Waals surface area contributed by atoms with Crippen molar-refractivity contribution in [1.82, 2.24) is 14.5 Å². The van der Waals surface area contributed by atoms with Crippen molar-refractivity contribution >= 4 is 10.9 Å². The van der Waals surface area contributed by atoms with Crippen molar-refractivity contribution in [3.05, 3.63) is 35.1 Å². The zero-order valence-corrected chi connectivity index (χ0v) is 12.2. The first-order chi connectivity index (χ1) is 10.7. The van der Waals surface area contributed by atoms with E-state index in [2.05, 4.69) is 9.97 Å². The molecule has 2 aromatic rings. The van der Waals surface area contributed by atoms with Crippen LogP contribution in [0.5, 0.6) is 0 Å². The van der Waals surface area contributed by atoms with Gasteiger partial charge in [0.1, 0.15) is 0 Å². The summed E-state index contributed by atoms with van der Waals surface area (Å²) in [7, 11) is 0. The second kappa shape index (κ2) is 6.95. The van der Waals surface area contributed by atoms with Gasteiger partial charge in [-0.15, -0.1) is 0 Å². The van der Waals surface area contributed by atoms with Crippen molar-refractivity contribution in [2.24, 2.45) is 0 Å². The molecule has 1 N–H and O–H groups in total. The summed E-state index contributed by atoms with van der Waals surface area (Å²) in [5.41, 5.74) is 0.370. The standard InChI is InChI=1S/C15H19N3O4/c19-11(9-22-12-2-5-21-6-3-12)8-18-10-17-14-7-16-4-1-13(14)15(18)20/h1,4,7,10-12,19H,2-3,5-6,8-9H2. The highest BCUT2D eigenvalue weighted by molar-refractivity contribution is 5.75. The number of aliphatic hydroxyl groups excluding tert-OH is 1. The van der Waals surface area contributed by atoms with Gasteiger partial charge in [-0.3, -0.25) is 14.3 Å². The number of hydrogen-bond acceptors (Lipinski definition) is 6. The topological polar surface area (TPSA) is 86.5 Å². The highest BCUT2D eigenvalue weighted by Gasteiger charge is 2.16. The fraction of sp³-hybridized carbons (Fsp3) is 0.533. The molecule has 2 aromatic heterocycles. The van der Waals surface area contributed by atoms with Gasteiger partial charge in [0, 0.05) is 19.4 Å². The van der Waals surface area contributed by atoms with Crippen LogP contribution in [-0.4, -0.2) is 51.7 Å². The Morgan fingerprint density at radius 3 is 3.09 bits per heavy atom. The van der Waals surface area contributed by atoms with E-state index in [4.69, 9.17) is 9.47 Å². The molecule has 7 nitrogen and oxygen atoms in total. The minimum Gasteiger partial charge on any atom is -0.389 e. The normalized spacial score (nSPS) is 17.7. The molecule has 0 radical (unpaired) electrons. The number of rotatable bonds is 5. The SMILES string of the molecule is O=c1c2ccncc2ncn1CC(O)COC1CCOCC1. The maximum atomic E-state index is 12.3. The molecule has 0 spiro atoms. The Balaban J connectivity index is 1.62. The summed E-state index contributed by atoms with van der Waals surface area (Å²) in [5.74, 6) is 0. The van der Waals surface area contributed by atoms with Gasteiger partial charge in [-0.25, -0.2) is 4.98 Å². The molecule has 1 saturated heterocycles. The van der Waals surface area contributed by atoms with Crippen LogP contribution in [0.2, 0.25) is 0 Å². The monoisotopic (exact) mass is 305 g/mol. The Bertz CT molecular complexity index is 682. The van der Waals surface area contributed by atoms with Crippen molar-refractivity contribution < 1.29 is 14.6 Å². The van der Waals surface area contributed by atoms with Gasteiger partial charge in [0.2, 0.25) is 0 Å². The lowest BCUT2D eigenvalue weighted by molar-refractivity contribution is -0.0618. The Morgan fingerprint density at radius 2 is 2.27 bits per heavy atom. The van der Waals surface area contributed by atoms with Gasteiger partial charge in [-0.2, -0.15) is 0 Å². The molecule has 1 fully saturated rings. The van der Waals surface area contributed by atoms with Crippen molar-refractivity contribution in [2.45, 2.75) is 31.6 Å². The molecule has 1 aliphatic heterocycles. The van der Waals surface area contributed by atoms with Crippen LogP contribution in [0.1, 0.15) is 12.8 Å². The molecule has 1 atom stereocenters. The lowest BCUT2D eigenvalue weighted by Gasteiger charge is -2.23. The molecule has 0 saturated carbocycles. The Labute approximate surface area is 127 Å². The van der Waals surface area contributed by atoms with Crippen LogP contribution in [0.15, 0.2) is 29.6 Å². The van der Waals surface area contributed by atoms with Crippen molar-refractivity contribution in [3.8, 4) is 0 Å². The largest absolute Gasteiger partial charge is 0.389 e. The van der Waals surface area contributed by atoms with Gasteiger partial charge in [0.05, 0.1) is 48.8 Å². The van der Waals surface area contributed by atoms with Gasteiger partial charge in [0.15, 0.2) is 0 Å². The summed E-state index contributed by atoms with van der Waals surface area (Å²) in [6.45, 7) is 1.75. The number of nitrogens with zero attached hydrogens (tertiary/aromatic N) is 3.